The van der Waals surface area contributed by atoms with Crippen molar-refractivity contribution in [3.05, 3.63) is 16.1 Å². The van der Waals surface area contributed by atoms with Gasteiger partial charge in [0.15, 0.2) is 0 Å². The fourth-order valence-electron chi connectivity index (χ4n) is 1.69. The van der Waals surface area contributed by atoms with Crippen LogP contribution >= 0.6 is 11.3 Å². The van der Waals surface area contributed by atoms with E-state index in [0.29, 0.717) is 12.3 Å². The Balaban J connectivity index is 2.67. The minimum absolute atomic E-state index is 0.0349. The van der Waals surface area contributed by atoms with Crippen molar-refractivity contribution >= 4 is 17.2 Å². The van der Waals surface area contributed by atoms with Gasteiger partial charge in [0, 0.05) is 18.5 Å². The van der Waals surface area contributed by atoms with Gasteiger partial charge in [-0.05, 0) is 19.8 Å². The highest BCUT2D eigenvalue weighted by molar-refractivity contribution is 7.09. The van der Waals surface area contributed by atoms with Crippen molar-refractivity contribution in [2.24, 2.45) is 11.7 Å². The number of likely N-dealkylation sites (N-methyl/N-ethyl adjacent to an activating group) is 1. The van der Waals surface area contributed by atoms with Gasteiger partial charge in [-0.2, -0.15) is 0 Å². The van der Waals surface area contributed by atoms with Gasteiger partial charge in [-0.15, -0.1) is 11.3 Å². The summed E-state index contributed by atoms with van der Waals surface area (Å²) in [6.45, 7) is 9.63. The summed E-state index contributed by atoms with van der Waals surface area (Å²) in [5.74, 6) is 0.498. The van der Waals surface area contributed by atoms with Crippen LogP contribution in [-0.4, -0.2) is 28.9 Å². The maximum absolute atomic E-state index is 11.9. The molecule has 0 spiro atoms. The van der Waals surface area contributed by atoms with E-state index in [4.69, 9.17) is 5.73 Å². The van der Waals surface area contributed by atoms with E-state index in [1.807, 2.05) is 24.1 Å². The van der Waals surface area contributed by atoms with Crippen LogP contribution < -0.4 is 5.73 Å². The Morgan fingerprint density at radius 2 is 2.06 bits per heavy atom. The molecule has 1 amide bonds. The predicted molar refractivity (Wildman–Crippen MR) is 75.5 cm³/mol. The number of amides is 1. The second kappa shape index (κ2) is 6.85. The molecule has 0 aliphatic heterocycles. The van der Waals surface area contributed by atoms with E-state index >= 15 is 0 Å². The number of aromatic nitrogens is 1. The van der Waals surface area contributed by atoms with Crippen LogP contribution in [0.15, 0.2) is 5.38 Å². The third-order valence-electron chi connectivity index (χ3n) is 3.02. The van der Waals surface area contributed by atoms with Crippen molar-refractivity contribution < 1.29 is 4.79 Å². The molecule has 2 N–H and O–H groups in total. The average Bonchev–Trinajstić information content (AvgIpc) is 2.77. The van der Waals surface area contributed by atoms with Gasteiger partial charge in [-0.25, -0.2) is 4.98 Å². The number of hydrogen-bond acceptors (Lipinski definition) is 4. The summed E-state index contributed by atoms with van der Waals surface area (Å²) >= 11 is 1.55. The molecule has 102 valence electrons. The summed E-state index contributed by atoms with van der Waals surface area (Å²) in [6.07, 6.45) is 0.378. The molecule has 4 nitrogen and oxygen atoms in total. The molecule has 0 aliphatic rings. The SMILES string of the molecule is CCN(CC)C(=O)Cc1csc(C(N)C(C)C)n1. The fraction of sp³-hybridized carbons (Fsp3) is 0.692. The number of carbonyl (C=O) groups excluding carboxylic acids is 1. The molecule has 18 heavy (non-hydrogen) atoms. The smallest absolute Gasteiger partial charge is 0.228 e. The van der Waals surface area contributed by atoms with Crippen LogP contribution in [-0.2, 0) is 11.2 Å². The van der Waals surface area contributed by atoms with Gasteiger partial charge in [0.2, 0.25) is 5.91 Å². The lowest BCUT2D eigenvalue weighted by atomic mass is 10.1. The van der Waals surface area contributed by atoms with Gasteiger partial charge in [-0.1, -0.05) is 13.8 Å². The molecule has 0 fully saturated rings. The van der Waals surface area contributed by atoms with Crippen molar-refractivity contribution in [3.8, 4) is 0 Å². The van der Waals surface area contributed by atoms with E-state index in [9.17, 15) is 4.79 Å². The second-order valence-corrected chi connectivity index (χ2v) is 5.58. The van der Waals surface area contributed by atoms with Crippen LogP contribution in [0.1, 0.15) is 44.4 Å². The number of carbonyl (C=O) groups is 1. The van der Waals surface area contributed by atoms with Crippen LogP contribution in [0.3, 0.4) is 0 Å². The van der Waals surface area contributed by atoms with Crippen molar-refractivity contribution in [1.82, 2.24) is 9.88 Å². The van der Waals surface area contributed by atoms with Gasteiger partial charge in [0.05, 0.1) is 18.2 Å². The Hall–Kier alpha value is -0.940. The van der Waals surface area contributed by atoms with Crippen LogP contribution in [0.4, 0.5) is 0 Å². The Morgan fingerprint density at radius 3 is 2.56 bits per heavy atom. The van der Waals surface area contributed by atoms with Crippen LogP contribution in [0.2, 0.25) is 0 Å². The first-order valence-corrected chi connectivity index (χ1v) is 7.35. The van der Waals surface area contributed by atoms with Gasteiger partial charge >= 0.3 is 0 Å². The molecule has 0 aliphatic carbocycles. The van der Waals surface area contributed by atoms with E-state index in [1.54, 1.807) is 11.3 Å². The minimum atomic E-state index is -0.0349. The maximum Gasteiger partial charge on any atom is 0.228 e. The lowest BCUT2D eigenvalue weighted by Crippen LogP contribution is -2.31. The Kier molecular flexibility index (Phi) is 5.75. The van der Waals surface area contributed by atoms with Gasteiger partial charge in [0.1, 0.15) is 5.01 Å². The largest absolute Gasteiger partial charge is 0.343 e. The summed E-state index contributed by atoms with van der Waals surface area (Å²) < 4.78 is 0. The molecular weight excluding hydrogens is 246 g/mol. The third-order valence-corrected chi connectivity index (χ3v) is 4.02. The molecule has 5 heteroatoms. The van der Waals surface area contributed by atoms with Crippen LogP contribution in [0, 0.1) is 5.92 Å². The minimum Gasteiger partial charge on any atom is -0.343 e. The first-order chi connectivity index (χ1) is 8.49. The Bertz CT molecular complexity index is 385. The lowest BCUT2D eigenvalue weighted by Gasteiger charge is -2.17. The van der Waals surface area contributed by atoms with E-state index in [-0.39, 0.29) is 11.9 Å². The number of thiazole rings is 1. The molecule has 0 radical (unpaired) electrons. The standard InChI is InChI=1S/C13H23N3OS/c1-5-16(6-2)11(17)7-10-8-18-13(15-10)12(14)9(3)4/h8-9,12H,5-7,14H2,1-4H3. The highest BCUT2D eigenvalue weighted by atomic mass is 32.1. The van der Waals surface area contributed by atoms with E-state index < -0.39 is 0 Å². The van der Waals surface area contributed by atoms with Gasteiger partial charge < -0.3 is 10.6 Å². The van der Waals surface area contributed by atoms with Crippen molar-refractivity contribution in [2.75, 3.05) is 13.1 Å². The molecule has 1 rings (SSSR count). The van der Waals surface area contributed by atoms with E-state index in [1.165, 1.54) is 0 Å². The normalized spacial score (nSPS) is 12.8. The number of hydrogen-bond donors (Lipinski definition) is 1. The first kappa shape index (κ1) is 15.1. The second-order valence-electron chi connectivity index (χ2n) is 4.69. The summed E-state index contributed by atoms with van der Waals surface area (Å²) in [7, 11) is 0. The topological polar surface area (TPSA) is 59.2 Å². The summed E-state index contributed by atoms with van der Waals surface area (Å²) in [5, 5.41) is 2.87. The summed E-state index contributed by atoms with van der Waals surface area (Å²) in [5.41, 5.74) is 6.88. The fourth-order valence-corrected chi connectivity index (χ4v) is 2.68. The number of nitrogens with zero attached hydrogens (tertiary/aromatic N) is 2. The maximum atomic E-state index is 11.9. The van der Waals surface area contributed by atoms with Gasteiger partial charge in [0.25, 0.3) is 0 Å². The molecule has 0 saturated heterocycles. The summed E-state index contributed by atoms with van der Waals surface area (Å²) in [6, 6.07) is -0.0349. The molecule has 1 heterocycles. The van der Waals surface area contributed by atoms with Crippen molar-refractivity contribution in [1.29, 1.82) is 0 Å². The zero-order valence-electron chi connectivity index (χ0n) is 11.6. The zero-order valence-corrected chi connectivity index (χ0v) is 12.5. The molecular formula is C13H23N3OS. The number of nitrogens with two attached hydrogens (primary N) is 1. The quantitative estimate of drug-likeness (QED) is 0.861. The lowest BCUT2D eigenvalue weighted by molar-refractivity contribution is -0.130. The summed E-state index contributed by atoms with van der Waals surface area (Å²) in [4.78, 5) is 18.2. The highest BCUT2D eigenvalue weighted by Crippen LogP contribution is 2.22. The molecule has 0 bridgehead atoms. The Labute approximate surface area is 113 Å². The first-order valence-electron chi connectivity index (χ1n) is 6.47. The van der Waals surface area contributed by atoms with Crippen LogP contribution in [0.5, 0.6) is 0 Å². The molecule has 1 unspecified atom stereocenters. The van der Waals surface area contributed by atoms with Crippen molar-refractivity contribution in [3.63, 3.8) is 0 Å². The molecule has 0 saturated carbocycles. The highest BCUT2D eigenvalue weighted by Gasteiger charge is 2.17. The third kappa shape index (κ3) is 3.78. The van der Waals surface area contributed by atoms with Crippen LogP contribution in [0.25, 0.3) is 0 Å². The Morgan fingerprint density at radius 1 is 1.44 bits per heavy atom. The molecule has 0 aromatic carbocycles. The predicted octanol–water partition coefficient (Wildman–Crippen LogP) is 2.21. The zero-order chi connectivity index (χ0) is 13.7. The average molecular weight is 269 g/mol. The molecule has 1 aromatic rings. The molecule has 1 aromatic heterocycles. The molecule has 1 atom stereocenters. The number of rotatable bonds is 6. The van der Waals surface area contributed by atoms with E-state index in [2.05, 4.69) is 18.8 Å². The van der Waals surface area contributed by atoms with Crippen molar-refractivity contribution in [2.45, 2.75) is 40.2 Å². The van der Waals surface area contributed by atoms with E-state index in [0.717, 1.165) is 23.8 Å². The van der Waals surface area contributed by atoms with Gasteiger partial charge in [-0.3, -0.25) is 4.79 Å². The monoisotopic (exact) mass is 269 g/mol.